The van der Waals surface area contributed by atoms with Gasteiger partial charge in [0.2, 0.25) is 5.91 Å². The Labute approximate surface area is 176 Å². The van der Waals surface area contributed by atoms with E-state index in [4.69, 9.17) is 0 Å². The van der Waals surface area contributed by atoms with Gasteiger partial charge in [-0.3, -0.25) is 9.79 Å². The van der Waals surface area contributed by atoms with E-state index in [9.17, 15) is 4.79 Å². The number of carbonyl (C=O) groups is 1. The maximum absolute atomic E-state index is 12.2. The number of carbonyl (C=O) groups excluding carboxylic acids is 1. The smallest absolute Gasteiger partial charge is 0.224 e. The Morgan fingerprint density at radius 2 is 2.00 bits per heavy atom. The number of aryl methyl sites for hydroxylation is 1. The third-order valence-corrected chi connectivity index (χ3v) is 4.53. The Kier molecular flexibility index (Phi) is 10.2. The molecule has 0 fully saturated rings. The number of amides is 1. The van der Waals surface area contributed by atoms with Crippen LogP contribution in [-0.4, -0.2) is 42.4 Å². The summed E-state index contributed by atoms with van der Waals surface area (Å²) in [6.07, 6.45) is 2.28. The van der Waals surface area contributed by atoms with Crippen molar-refractivity contribution in [3.8, 4) is 0 Å². The van der Waals surface area contributed by atoms with Crippen molar-refractivity contribution < 1.29 is 4.79 Å². The van der Waals surface area contributed by atoms with E-state index in [0.717, 1.165) is 10.6 Å². The Morgan fingerprint density at radius 1 is 1.27 bits per heavy atom. The summed E-state index contributed by atoms with van der Waals surface area (Å²) in [4.78, 5) is 23.6. The normalized spacial score (nSPS) is 10.8. The van der Waals surface area contributed by atoms with Gasteiger partial charge < -0.3 is 15.5 Å². The van der Waals surface area contributed by atoms with Crippen molar-refractivity contribution in [2.75, 3.05) is 20.6 Å². The summed E-state index contributed by atoms with van der Waals surface area (Å²) in [6.45, 7) is 3.82. The molecular formula is C18H26IN5OS. The summed E-state index contributed by atoms with van der Waals surface area (Å²) >= 11 is 1.66. The number of hydrogen-bond acceptors (Lipinski definition) is 4. The van der Waals surface area contributed by atoms with E-state index < -0.39 is 0 Å². The molecule has 0 atom stereocenters. The average molecular weight is 487 g/mol. The minimum absolute atomic E-state index is 0. The van der Waals surface area contributed by atoms with Crippen LogP contribution in [-0.2, 0) is 17.9 Å². The summed E-state index contributed by atoms with van der Waals surface area (Å²) in [5.41, 5.74) is 1.13. The Balaban J connectivity index is 0.00000338. The number of thiazole rings is 1. The van der Waals surface area contributed by atoms with Crippen LogP contribution < -0.4 is 10.6 Å². The van der Waals surface area contributed by atoms with Crippen molar-refractivity contribution in [2.45, 2.75) is 26.4 Å². The van der Waals surface area contributed by atoms with Crippen LogP contribution in [0, 0.1) is 6.92 Å². The molecule has 0 aliphatic rings. The second-order valence-electron chi connectivity index (χ2n) is 5.70. The highest BCUT2D eigenvalue weighted by molar-refractivity contribution is 14.0. The summed E-state index contributed by atoms with van der Waals surface area (Å²) in [6, 6.07) is 9.98. The standard InChI is InChI=1S/C18H25N5OS.HI/c1-14-11-21-16(25-14)12-22-18(19-2)20-10-9-17(24)23(3)13-15-7-5-4-6-8-15;/h4-8,11H,9-10,12-13H2,1-3H3,(H2,19,20,22);1H. The molecule has 6 nitrogen and oxygen atoms in total. The number of benzene rings is 1. The van der Waals surface area contributed by atoms with Crippen LogP contribution in [0.5, 0.6) is 0 Å². The average Bonchev–Trinajstić information content (AvgIpc) is 3.04. The monoisotopic (exact) mass is 487 g/mol. The lowest BCUT2D eigenvalue weighted by Crippen LogP contribution is -2.39. The molecule has 0 bridgehead atoms. The van der Waals surface area contributed by atoms with Crippen LogP contribution >= 0.6 is 35.3 Å². The summed E-state index contributed by atoms with van der Waals surface area (Å²) < 4.78 is 0. The lowest BCUT2D eigenvalue weighted by atomic mass is 10.2. The molecule has 0 saturated heterocycles. The number of nitrogens with zero attached hydrogens (tertiary/aromatic N) is 3. The van der Waals surface area contributed by atoms with Crippen LogP contribution in [0.4, 0.5) is 0 Å². The van der Waals surface area contributed by atoms with Crippen molar-refractivity contribution in [3.05, 3.63) is 52.0 Å². The van der Waals surface area contributed by atoms with E-state index in [2.05, 4.69) is 20.6 Å². The van der Waals surface area contributed by atoms with Crippen molar-refractivity contribution in [1.82, 2.24) is 20.5 Å². The molecule has 0 aliphatic heterocycles. The predicted octanol–water partition coefficient (Wildman–Crippen LogP) is 2.78. The van der Waals surface area contributed by atoms with Crippen molar-refractivity contribution >= 4 is 47.2 Å². The molecule has 2 rings (SSSR count). The molecule has 1 amide bonds. The molecule has 0 saturated carbocycles. The number of guanidine groups is 1. The Bertz CT molecular complexity index is 705. The minimum Gasteiger partial charge on any atom is -0.356 e. The summed E-state index contributed by atoms with van der Waals surface area (Å²) in [5.74, 6) is 0.772. The Hall–Kier alpha value is -1.68. The third kappa shape index (κ3) is 7.69. The van der Waals surface area contributed by atoms with Gasteiger partial charge in [-0.25, -0.2) is 4.98 Å². The lowest BCUT2D eigenvalue weighted by Gasteiger charge is -2.18. The summed E-state index contributed by atoms with van der Waals surface area (Å²) in [5, 5.41) is 7.38. The molecule has 0 radical (unpaired) electrons. The molecule has 1 aromatic carbocycles. The molecule has 0 aliphatic carbocycles. The zero-order valence-electron chi connectivity index (χ0n) is 15.4. The van der Waals surface area contributed by atoms with Crippen molar-refractivity contribution in [1.29, 1.82) is 0 Å². The van der Waals surface area contributed by atoms with E-state index in [0.29, 0.717) is 32.0 Å². The first-order valence-electron chi connectivity index (χ1n) is 8.22. The number of rotatable bonds is 7. The molecule has 2 N–H and O–H groups in total. The van der Waals surface area contributed by atoms with Gasteiger partial charge in [-0.15, -0.1) is 35.3 Å². The van der Waals surface area contributed by atoms with E-state index >= 15 is 0 Å². The van der Waals surface area contributed by atoms with Gasteiger partial charge in [-0.2, -0.15) is 0 Å². The molecule has 8 heteroatoms. The van der Waals surface area contributed by atoms with Gasteiger partial charge in [-0.1, -0.05) is 30.3 Å². The quantitative estimate of drug-likeness (QED) is 0.358. The van der Waals surface area contributed by atoms with Crippen LogP contribution in [0.3, 0.4) is 0 Å². The lowest BCUT2D eigenvalue weighted by molar-refractivity contribution is -0.130. The molecule has 26 heavy (non-hydrogen) atoms. The highest BCUT2D eigenvalue weighted by Crippen LogP contribution is 2.10. The van der Waals surface area contributed by atoms with Gasteiger partial charge in [0.15, 0.2) is 5.96 Å². The number of aromatic nitrogens is 1. The fourth-order valence-electron chi connectivity index (χ4n) is 2.29. The third-order valence-electron chi connectivity index (χ3n) is 3.62. The molecule has 142 valence electrons. The largest absolute Gasteiger partial charge is 0.356 e. The number of aliphatic imine (C=N–C) groups is 1. The van der Waals surface area contributed by atoms with E-state index in [1.54, 1.807) is 23.3 Å². The maximum Gasteiger partial charge on any atom is 0.224 e. The first-order valence-corrected chi connectivity index (χ1v) is 9.04. The second-order valence-corrected chi connectivity index (χ2v) is 7.02. The molecular weight excluding hydrogens is 461 g/mol. The fraction of sp³-hybridized carbons (Fsp3) is 0.389. The number of nitrogens with one attached hydrogen (secondary N) is 2. The van der Waals surface area contributed by atoms with Gasteiger partial charge in [-0.05, 0) is 12.5 Å². The van der Waals surface area contributed by atoms with Gasteiger partial charge in [0.1, 0.15) is 5.01 Å². The van der Waals surface area contributed by atoms with Crippen molar-refractivity contribution in [3.63, 3.8) is 0 Å². The van der Waals surface area contributed by atoms with E-state index in [-0.39, 0.29) is 29.9 Å². The van der Waals surface area contributed by atoms with Crippen LogP contribution in [0.25, 0.3) is 0 Å². The van der Waals surface area contributed by atoms with Crippen LogP contribution in [0.15, 0.2) is 41.5 Å². The number of halogens is 1. The van der Waals surface area contributed by atoms with E-state index in [1.807, 2.05) is 50.5 Å². The zero-order chi connectivity index (χ0) is 18.1. The zero-order valence-corrected chi connectivity index (χ0v) is 18.5. The van der Waals surface area contributed by atoms with Crippen LogP contribution in [0.1, 0.15) is 21.9 Å². The molecule has 1 heterocycles. The first kappa shape index (κ1) is 22.4. The highest BCUT2D eigenvalue weighted by atomic mass is 127. The maximum atomic E-state index is 12.2. The molecule has 1 aromatic heterocycles. The van der Waals surface area contributed by atoms with Crippen molar-refractivity contribution in [2.24, 2.45) is 4.99 Å². The molecule has 0 unspecified atom stereocenters. The SMILES string of the molecule is CN=C(NCCC(=O)N(C)Cc1ccccc1)NCc1ncc(C)s1.I. The molecule has 2 aromatic rings. The second kappa shape index (κ2) is 11.8. The highest BCUT2D eigenvalue weighted by Gasteiger charge is 2.09. The van der Waals surface area contributed by atoms with Gasteiger partial charge in [0.05, 0.1) is 6.54 Å². The van der Waals surface area contributed by atoms with Gasteiger partial charge >= 0.3 is 0 Å². The Morgan fingerprint density at radius 3 is 2.62 bits per heavy atom. The topological polar surface area (TPSA) is 69.6 Å². The molecule has 0 spiro atoms. The van der Waals surface area contributed by atoms with Gasteiger partial charge in [0, 0.05) is 44.7 Å². The van der Waals surface area contributed by atoms with Crippen LogP contribution in [0.2, 0.25) is 0 Å². The summed E-state index contributed by atoms with van der Waals surface area (Å²) in [7, 11) is 3.54. The van der Waals surface area contributed by atoms with E-state index in [1.165, 1.54) is 4.88 Å². The first-order chi connectivity index (χ1) is 12.1. The fourth-order valence-corrected chi connectivity index (χ4v) is 3.01. The number of hydrogen-bond donors (Lipinski definition) is 2. The van der Waals surface area contributed by atoms with Gasteiger partial charge in [0.25, 0.3) is 0 Å². The predicted molar refractivity (Wildman–Crippen MR) is 118 cm³/mol. The minimum atomic E-state index is 0.